The molecule has 8 nitrogen and oxygen atoms in total. The van der Waals surface area contributed by atoms with Gasteiger partial charge in [-0.15, -0.1) is 0 Å². The number of para-hydroxylation sites is 1. The lowest BCUT2D eigenvalue weighted by Gasteiger charge is -2.12. The monoisotopic (exact) mass is 457 g/mol. The Morgan fingerprint density at radius 3 is 2.38 bits per heavy atom. The average Bonchev–Trinajstić information content (AvgIpc) is 2.81. The lowest BCUT2D eigenvalue weighted by molar-refractivity contribution is -0.143. The number of benzene rings is 2. The van der Waals surface area contributed by atoms with E-state index >= 15 is 0 Å². The molecule has 0 fully saturated rings. The minimum absolute atomic E-state index is 0.0539. The van der Waals surface area contributed by atoms with Crippen LogP contribution >= 0.6 is 12.2 Å². The number of hydrogen-bond acceptors (Lipinski definition) is 6. The Kier molecular flexibility index (Phi) is 10.7. The third-order valence-corrected chi connectivity index (χ3v) is 4.60. The molecule has 9 heteroatoms. The Hall–Kier alpha value is -3.46. The summed E-state index contributed by atoms with van der Waals surface area (Å²) in [5.41, 5.74) is 6.37. The van der Waals surface area contributed by atoms with Crippen molar-refractivity contribution in [3.05, 3.63) is 65.7 Å². The first-order chi connectivity index (χ1) is 15.5. The lowest BCUT2D eigenvalue weighted by atomic mass is 10.1. The van der Waals surface area contributed by atoms with Gasteiger partial charge >= 0.3 is 5.97 Å². The maximum Gasteiger partial charge on any atom is 0.305 e. The maximum atomic E-state index is 12.2. The van der Waals surface area contributed by atoms with Crippen molar-refractivity contribution in [2.45, 2.75) is 32.1 Å². The molecule has 0 atom stereocenters. The Morgan fingerprint density at radius 2 is 1.62 bits per heavy atom. The van der Waals surface area contributed by atoms with Crippen LogP contribution in [-0.2, 0) is 20.7 Å². The predicted octanol–water partition coefficient (Wildman–Crippen LogP) is 2.68. The van der Waals surface area contributed by atoms with Crippen molar-refractivity contribution < 1.29 is 23.9 Å². The minimum atomic E-state index is -0.464. The number of rotatable bonds is 10. The van der Waals surface area contributed by atoms with Gasteiger partial charge in [0.15, 0.2) is 5.11 Å². The lowest BCUT2D eigenvalue weighted by Crippen LogP contribution is -2.48. The molecule has 0 radical (unpaired) electrons. The molecular formula is C23H27N3O5S. The van der Waals surface area contributed by atoms with Gasteiger partial charge in [-0.3, -0.25) is 25.2 Å². The highest BCUT2D eigenvalue weighted by atomic mass is 32.1. The van der Waals surface area contributed by atoms with Crippen LogP contribution in [-0.4, -0.2) is 36.6 Å². The van der Waals surface area contributed by atoms with Gasteiger partial charge in [-0.1, -0.05) is 42.5 Å². The number of carbonyl (C=O) groups is 3. The zero-order chi connectivity index (χ0) is 23.2. The highest BCUT2D eigenvalue weighted by Gasteiger charge is 2.12. The van der Waals surface area contributed by atoms with Crippen molar-refractivity contribution >= 4 is 35.1 Å². The number of hydrazine groups is 1. The molecule has 170 valence electrons. The number of amides is 2. The van der Waals surface area contributed by atoms with Crippen LogP contribution < -0.4 is 20.9 Å². The molecule has 0 aliphatic rings. The van der Waals surface area contributed by atoms with Crippen LogP contribution in [0.1, 0.15) is 41.6 Å². The van der Waals surface area contributed by atoms with Gasteiger partial charge in [0.25, 0.3) is 5.91 Å². The van der Waals surface area contributed by atoms with Gasteiger partial charge in [-0.25, -0.2) is 0 Å². The molecule has 0 heterocycles. The number of hydrogen-bond donors (Lipinski definition) is 3. The molecule has 0 spiro atoms. The van der Waals surface area contributed by atoms with Crippen molar-refractivity contribution in [2.24, 2.45) is 0 Å². The molecule has 0 bridgehead atoms. The summed E-state index contributed by atoms with van der Waals surface area (Å²) in [6, 6.07) is 16.7. The molecule has 0 aliphatic carbocycles. The molecule has 0 unspecified atom stereocenters. The summed E-state index contributed by atoms with van der Waals surface area (Å²) in [6.45, 7) is 0.347. The SMILES string of the molecule is COc1ccccc1C(=O)NNC(=S)NC(=O)CCCC(=O)OCCCc1ccccc1. The summed E-state index contributed by atoms with van der Waals surface area (Å²) in [5.74, 6) is -0.760. The van der Waals surface area contributed by atoms with E-state index in [2.05, 4.69) is 16.2 Å². The molecule has 2 rings (SSSR count). The normalized spacial score (nSPS) is 10.0. The number of carbonyl (C=O) groups excluding carboxylic acids is 3. The number of methoxy groups -OCH3 is 1. The van der Waals surface area contributed by atoms with Crippen LogP contribution in [0.3, 0.4) is 0 Å². The predicted molar refractivity (Wildman–Crippen MR) is 124 cm³/mol. The van der Waals surface area contributed by atoms with Crippen molar-refractivity contribution in [3.63, 3.8) is 0 Å². The second kappa shape index (κ2) is 13.8. The van der Waals surface area contributed by atoms with Gasteiger partial charge in [0, 0.05) is 12.8 Å². The first kappa shape index (κ1) is 24.8. The van der Waals surface area contributed by atoms with Gasteiger partial charge in [0.2, 0.25) is 5.91 Å². The fourth-order valence-corrected chi connectivity index (χ4v) is 2.97. The zero-order valence-electron chi connectivity index (χ0n) is 17.9. The number of thiocarbonyl (C=S) groups is 1. The molecule has 2 amide bonds. The zero-order valence-corrected chi connectivity index (χ0v) is 18.7. The number of ether oxygens (including phenoxy) is 2. The van der Waals surface area contributed by atoms with E-state index in [-0.39, 0.29) is 29.8 Å². The van der Waals surface area contributed by atoms with Crippen molar-refractivity contribution in [1.82, 2.24) is 16.2 Å². The molecule has 0 aromatic heterocycles. The summed E-state index contributed by atoms with van der Waals surface area (Å²) in [4.78, 5) is 35.9. The molecule has 3 N–H and O–H groups in total. The van der Waals surface area contributed by atoms with E-state index in [1.165, 1.54) is 12.7 Å². The third kappa shape index (κ3) is 9.13. The first-order valence-electron chi connectivity index (χ1n) is 10.2. The number of aryl methyl sites for hydroxylation is 1. The van der Waals surface area contributed by atoms with Crippen LogP contribution in [0.4, 0.5) is 0 Å². The van der Waals surface area contributed by atoms with Crippen LogP contribution in [0.2, 0.25) is 0 Å². The number of nitrogens with one attached hydrogen (secondary N) is 3. The highest BCUT2D eigenvalue weighted by Crippen LogP contribution is 2.16. The molecule has 0 aliphatic heterocycles. The van der Waals surface area contributed by atoms with Crippen molar-refractivity contribution in [2.75, 3.05) is 13.7 Å². The van der Waals surface area contributed by atoms with Gasteiger partial charge in [-0.05, 0) is 49.2 Å². The Bertz CT molecular complexity index is 921. The molecular weight excluding hydrogens is 430 g/mol. The Balaban J connectivity index is 1.56. The topological polar surface area (TPSA) is 106 Å². The largest absolute Gasteiger partial charge is 0.496 e. The van der Waals surface area contributed by atoms with E-state index in [0.717, 1.165) is 12.8 Å². The van der Waals surface area contributed by atoms with Crippen LogP contribution in [0.5, 0.6) is 5.75 Å². The van der Waals surface area contributed by atoms with Crippen LogP contribution in [0, 0.1) is 0 Å². The highest BCUT2D eigenvalue weighted by molar-refractivity contribution is 7.80. The Labute approximate surface area is 192 Å². The molecule has 0 saturated heterocycles. The standard InChI is InChI=1S/C23H27N3O5S/c1-30-19-13-6-5-12-18(19)22(29)25-26-23(32)24-20(27)14-7-15-21(28)31-16-8-11-17-9-3-2-4-10-17/h2-6,9-10,12-13H,7-8,11,14-16H2,1H3,(H,25,29)(H2,24,26,27,32). The first-order valence-corrected chi connectivity index (χ1v) is 10.6. The van der Waals surface area contributed by atoms with Gasteiger partial charge in [0.05, 0.1) is 19.3 Å². The molecule has 32 heavy (non-hydrogen) atoms. The summed E-state index contributed by atoms with van der Waals surface area (Å²) in [6.07, 6.45) is 2.16. The molecule has 2 aromatic carbocycles. The minimum Gasteiger partial charge on any atom is -0.496 e. The maximum absolute atomic E-state index is 12.2. The fraction of sp³-hybridized carbons (Fsp3) is 0.304. The van der Waals surface area contributed by atoms with E-state index < -0.39 is 5.91 Å². The smallest absolute Gasteiger partial charge is 0.305 e. The van der Waals surface area contributed by atoms with Crippen LogP contribution in [0.15, 0.2) is 54.6 Å². The van der Waals surface area contributed by atoms with E-state index in [1.54, 1.807) is 24.3 Å². The fourth-order valence-electron chi connectivity index (χ4n) is 2.81. The quantitative estimate of drug-likeness (QED) is 0.218. The van der Waals surface area contributed by atoms with Gasteiger partial charge in [0.1, 0.15) is 5.75 Å². The summed E-state index contributed by atoms with van der Waals surface area (Å²) >= 11 is 4.99. The molecule has 0 saturated carbocycles. The van der Waals surface area contributed by atoms with E-state index in [9.17, 15) is 14.4 Å². The number of esters is 1. The Morgan fingerprint density at radius 1 is 0.906 bits per heavy atom. The summed E-state index contributed by atoms with van der Waals surface area (Å²) < 4.78 is 10.3. The summed E-state index contributed by atoms with van der Waals surface area (Å²) in [7, 11) is 1.46. The van der Waals surface area contributed by atoms with E-state index in [4.69, 9.17) is 21.7 Å². The second-order valence-corrected chi connectivity index (χ2v) is 7.23. The second-order valence-electron chi connectivity index (χ2n) is 6.82. The molecule has 2 aromatic rings. The average molecular weight is 458 g/mol. The van der Waals surface area contributed by atoms with Gasteiger partial charge < -0.3 is 14.8 Å². The third-order valence-electron chi connectivity index (χ3n) is 4.39. The summed E-state index contributed by atoms with van der Waals surface area (Å²) in [5, 5.41) is 2.39. The van der Waals surface area contributed by atoms with Crippen molar-refractivity contribution in [3.8, 4) is 5.75 Å². The van der Waals surface area contributed by atoms with E-state index in [0.29, 0.717) is 24.3 Å². The van der Waals surface area contributed by atoms with E-state index in [1.807, 2.05) is 30.3 Å². The van der Waals surface area contributed by atoms with Crippen molar-refractivity contribution in [1.29, 1.82) is 0 Å². The van der Waals surface area contributed by atoms with Gasteiger partial charge in [-0.2, -0.15) is 0 Å². The van der Waals surface area contributed by atoms with Crippen LogP contribution in [0.25, 0.3) is 0 Å².